The van der Waals surface area contributed by atoms with E-state index in [4.69, 9.17) is 16.3 Å². The first-order valence-electron chi connectivity index (χ1n) is 8.34. The average molecular weight is 347 g/mol. The number of aryl methyl sites for hydroxylation is 2. The zero-order valence-corrected chi connectivity index (χ0v) is 14.9. The lowest BCUT2D eigenvalue weighted by atomic mass is 10.1. The van der Waals surface area contributed by atoms with Crippen molar-refractivity contribution in [1.29, 1.82) is 0 Å². The smallest absolute Gasteiger partial charge is 0.140 e. The van der Waals surface area contributed by atoms with E-state index >= 15 is 0 Å². The molecule has 0 amide bonds. The molecule has 128 valence electrons. The molecule has 0 saturated carbocycles. The van der Waals surface area contributed by atoms with Crippen LogP contribution in [0.15, 0.2) is 18.2 Å². The fraction of sp³-hybridized carbons (Fsp3) is 0.444. The standard InChI is InChI=1S/C18H23ClN4O/c1-12-4-3-5-15(19)17(12)24-11-10-21-18-14-6-8-20-9-7-16(14)22-13(2)23-18/h3-5,20H,6-11H2,1-2H3,(H,21,22,23). The monoisotopic (exact) mass is 346 g/mol. The maximum atomic E-state index is 6.19. The van der Waals surface area contributed by atoms with E-state index in [0.29, 0.717) is 18.2 Å². The second-order valence-electron chi connectivity index (χ2n) is 5.96. The molecule has 1 aliphatic heterocycles. The summed E-state index contributed by atoms with van der Waals surface area (Å²) in [6, 6.07) is 5.77. The van der Waals surface area contributed by atoms with Crippen LogP contribution < -0.4 is 15.4 Å². The summed E-state index contributed by atoms with van der Waals surface area (Å²) in [5, 5.41) is 7.46. The summed E-state index contributed by atoms with van der Waals surface area (Å²) in [4.78, 5) is 9.17. The minimum Gasteiger partial charge on any atom is -0.490 e. The van der Waals surface area contributed by atoms with Crippen molar-refractivity contribution >= 4 is 17.4 Å². The van der Waals surface area contributed by atoms with Crippen molar-refractivity contribution in [3.8, 4) is 5.75 Å². The van der Waals surface area contributed by atoms with Gasteiger partial charge in [0.05, 0.1) is 17.3 Å². The first-order chi connectivity index (χ1) is 11.6. The van der Waals surface area contributed by atoms with Gasteiger partial charge in [-0.1, -0.05) is 23.7 Å². The number of nitrogens with one attached hydrogen (secondary N) is 2. The van der Waals surface area contributed by atoms with Gasteiger partial charge in [0.25, 0.3) is 0 Å². The second kappa shape index (κ2) is 7.81. The maximum Gasteiger partial charge on any atom is 0.140 e. The third-order valence-electron chi connectivity index (χ3n) is 4.10. The van der Waals surface area contributed by atoms with Gasteiger partial charge >= 0.3 is 0 Å². The van der Waals surface area contributed by atoms with E-state index in [0.717, 1.165) is 54.6 Å². The van der Waals surface area contributed by atoms with E-state index in [9.17, 15) is 0 Å². The molecule has 0 fully saturated rings. The molecule has 2 heterocycles. The number of rotatable bonds is 5. The Balaban J connectivity index is 1.64. The van der Waals surface area contributed by atoms with Crippen molar-refractivity contribution in [3.63, 3.8) is 0 Å². The molecule has 24 heavy (non-hydrogen) atoms. The molecule has 2 aromatic rings. The molecule has 0 saturated heterocycles. The molecule has 0 unspecified atom stereocenters. The Hall–Kier alpha value is -1.85. The van der Waals surface area contributed by atoms with Gasteiger partial charge in [0.1, 0.15) is 24.0 Å². The number of ether oxygens (including phenoxy) is 1. The van der Waals surface area contributed by atoms with E-state index in [1.807, 2.05) is 32.0 Å². The minimum absolute atomic E-state index is 0.528. The SMILES string of the molecule is Cc1nc2c(c(NCCOc3c(C)cccc3Cl)n1)CCNCC2. The fourth-order valence-electron chi connectivity index (χ4n) is 2.94. The molecule has 1 aromatic carbocycles. The molecule has 5 nitrogen and oxygen atoms in total. The Morgan fingerprint density at radius 3 is 2.88 bits per heavy atom. The predicted octanol–water partition coefficient (Wildman–Crippen LogP) is 2.93. The van der Waals surface area contributed by atoms with Gasteiger partial charge in [0.15, 0.2) is 0 Å². The van der Waals surface area contributed by atoms with Crippen molar-refractivity contribution in [2.45, 2.75) is 26.7 Å². The van der Waals surface area contributed by atoms with Gasteiger partial charge in [-0.2, -0.15) is 0 Å². The van der Waals surface area contributed by atoms with Gasteiger partial charge in [-0.15, -0.1) is 0 Å². The molecule has 0 spiro atoms. The lowest BCUT2D eigenvalue weighted by Gasteiger charge is -2.15. The molecule has 2 N–H and O–H groups in total. The maximum absolute atomic E-state index is 6.19. The number of hydrogen-bond acceptors (Lipinski definition) is 5. The number of hydrogen-bond donors (Lipinski definition) is 2. The number of halogens is 1. The number of aromatic nitrogens is 2. The van der Waals surface area contributed by atoms with E-state index in [-0.39, 0.29) is 0 Å². The quantitative estimate of drug-likeness (QED) is 0.815. The summed E-state index contributed by atoms with van der Waals surface area (Å²) >= 11 is 6.19. The Morgan fingerprint density at radius 2 is 2.04 bits per heavy atom. The Bertz CT molecular complexity index is 700. The van der Waals surface area contributed by atoms with Crippen molar-refractivity contribution in [2.75, 3.05) is 31.6 Å². The summed E-state index contributed by atoms with van der Waals surface area (Å²) in [6.07, 6.45) is 1.89. The topological polar surface area (TPSA) is 59.1 Å². The average Bonchev–Trinajstić information content (AvgIpc) is 2.79. The molecule has 0 aliphatic carbocycles. The molecule has 0 radical (unpaired) electrons. The van der Waals surface area contributed by atoms with Crippen LogP contribution >= 0.6 is 11.6 Å². The van der Waals surface area contributed by atoms with Crippen molar-refractivity contribution in [1.82, 2.24) is 15.3 Å². The Morgan fingerprint density at radius 1 is 1.21 bits per heavy atom. The first-order valence-corrected chi connectivity index (χ1v) is 8.72. The normalized spacial score (nSPS) is 14.0. The zero-order valence-electron chi connectivity index (χ0n) is 14.2. The highest BCUT2D eigenvalue weighted by atomic mass is 35.5. The lowest BCUT2D eigenvalue weighted by Crippen LogP contribution is -2.17. The predicted molar refractivity (Wildman–Crippen MR) is 97.2 cm³/mol. The van der Waals surface area contributed by atoms with E-state index in [2.05, 4.69) is 20.6 Å². The number of fused-ring (bicyclic) bond motifs is 1. The van der Waals surface area contributed by atoms with Crippen LogP contribution in [0.3, 0.4) is 0 Å². The summed E-state index contributed by atoms with van der Waals surface area (Å²) < 4.78 is 5.84. The van der Waals surface area contributed by atoms with Crippen LogP contribution in [-0.2, 0) is 12.8 Å². The number of nitrogens with zero attached hydrogens (tertiary/aromatic N) is 2. The summed E-state index contributed by atoms with van der Waals surface area (Å²) in [7, 11) is 0. The van der Waals surface area contributed by atoms with E-state index in [1.165, 1.54) is 5.56 Å². The number of benzene rings is 1. The lowest BCUT2D eigenvalue weighted by molar-refractivity contribution is 0.330. The molecule has 1 aliphatic rings. The number of anilines is 1. The summed E-state index contributed by atoms with van der Waals surface area (Å²) in [5.74, 6) is 2.49. The van der Waals surface area contributed by atoms with Gasteiger partial charge in [-0.05, 0) is 38.4 Å². The van der Waals surface area contributed by atoms with Crippen molar-refractivity contribution in [2.24, 2.45) is 0 Å². The van der Waals surface area contributed by atoms with Gasteiger partial charge < -0.3 is 15.4 Å². The van der Waals surface area contributed by atoms with Crippen LogP contribution in [0, 0.1) is 13.8 Å². The van der Waals surface area contributed by atoms with Gasteiger partial charge in [-0.25, -0.2) is 9.97 Å². The third-order valence-corrected chi connectivity index (χ3v) is 4.40. The largest absolute Gasteiger partial charge is 0.490 e. The van der Waals surface area contributed by atoms with Gasteiger partial charge in [0, 0.05) is 18.5 Å². The molecule has 3 rings (SSSR count). The van der Waals surface area contributed by atoms with Crippen molar-refractivity contribution < 1.29 is 4.74 Å². The van der Waals surface area contributed by atoms with Crippen LogP contribution in [0.5, 0.6) is 5.75 Å². The van der Waals surface area contributed by atoms with E-state index < -0.39 is 0 Å². The van der Waals surface area contributed by atoms with Crippen LogP contribution in [0.4, 0.5) is 5.82 Å². The van der Waals surface area contributed by atoms with E-state index in [1.54, 1.807) is 0 Å². The number of para-hydroxylation sites is 1. The van der Waals surface area contributed by atoms with Crippen LogP contribution in [0.1, 0.15) is 22.6 Å². The molecule has 6 heteroatoms. The highest BCUT2D eigenvalue weighted by molar-refractivity contribution is 6.32. The fourth-order valence-corrected chi connectivity index (χ4v) is 3.21. The second-order valence-corrected chi connectivity index (χ2v) is 6.36. The van der Waals surface area contributed by atoms with Gasteiger partial charge in [0.2, 0.25) is 0 Å². The summed E-state index contributed by atoms with van der Waals surface area (Å²) in [6.45, 7) is 7.06. The zero-order chi connectivity index (χ0) is 16.9. The Kier molecular flexibility index (Phi) is 5.53. The summed E-state index contributed by atoms with van der Waals surface area (Å²) in [5.41, 5.74) is 3.41. The van der Waals surface area contributed by atoms with Crippen LogP contribution in [-0.4, -0.2) is 36.2 Å². The van der Waals surface area contributed by atoms with Crippen LogP contribution in [0.25, 0.3) is 0 Å². The molecule has 0 bridgehead atoms. The molecular weight excluding hydrogens is 324 g/mol. The highest BCUT2D eigenvalue weighted by Crippen LogP contribution is 2.27. The molecular formula is C18H23ClN4O. The first kappa shape index (κ1) is 17.0. The minimum atomic E-state index is 0.528. The molecule has 1 aromatic heterocycles. The third kappa shape index (κ3) is 3.97. The van der Waals surface area contributed by atoms with Crippen LogP contribution in [0.2, 0.25) is 5.02 Å². The highest BCUT2D eigenvalue weighted by Gasteiger charge is 2.15. The van der Waals surface area contributed by atoms with Gasteiger partial charge in [-0.3, -0.25) is 0 Å². The molecule has 0 atom stereocenters. The van der Waals surface area contributed by atoms with Crippen molar-refractivity contribution in [3.05, 3.63) is 45.9 Å². The Labute approximate surface area is 147 Å².